The standard InChI is InChI=1S/C14H19N3O2S/c1-9(18)17-13-16-7-10(20-13)5-6-12-15-8-11(19-12)14(2,3)4/h7-8H,5-6H2,1-4H3,(H,16,17,18). The van der Waals surface area contributed by atoms with Crippen molar-refractivity contribution in [1.82, 2.24) is 9.97 Å². The fourth-order valence-electron chi connectivity index (χ4n) is 1.63. The lowest BCUT2D eigenvalue weighted by Crippen LogP contribution is -2.09. The molecule has 108 valence electrons. The van der Waals surface area contributed by atoms with Crippen LogP contribution in [0.3, 0.4) is 0 Å². The average molecular weight is 293 g/mol. The van der Waals surface area contributed by atoms with Crippen LogP contribution in [-0.2, 0) is 23.1 Å². The van der Waals surface area contributed by atoms with E-state index in [2.05, 4.69) is 36.1 Å². The maximum absolute atomic E-state index is 10.9. The van der Waals surface area contributed by atoms with E-state index in [0.717, 1.165) is 29.4 Å². The highest BCUT2D eigenvalue weighted by Crippen LogP contribution is 2.24. The van der Waals surface area contributed by atoms with Crippen molar-refractivity contribution in [3.8, 4) is 0 Å². The van der Waals surface area contributed by atoms with Gasteiger partial charge in [0.05, 0.1) is 6.20 Å². The van der Waals surface area contributed by atoms with Crippen LogP contribution in [0.15, 0.2) is 16.8 Å². The Bertz CT molecular complexity index is 596. The molecule has 5 nitrogen and oxygen atoms in total. The lowest BCUT2D eigenvalue weighted by Gasteiger charge is -2.12. The van der Waals surface area contributed by atoms with Gasteiger partial charge in [0.25, 0.3) is 0 Å². The van der Waals surface area contributed by atoms with Crippen LogP contribution in [0, 0.1) is 0 Å². The van der Waals surface area contributed by atoms with E-state index in [1.807, 2.05) is 0 Å². The molecule has 2 rings (SSSR count). The number of amides is 1. The minimum absolute atomic E-state index is 0.0195. The number of rotatable bonds is 4. The topological polar surface area (TPSA) is 68.0 Å². The SMILES string of the molecule is CC(=O)Nc1ncc(CCc2ncc(C(C)(C)C)o2)s1. The Labute approximate surface area is 122 Å². The summed E-state index contributed by atoms with van der Waals surface area (Å²) in [6.07, 6.45) is 5.12. The highest BCUT2D eigenvalue weighted by molar-refractivity contribution is 7.15. The zero-order valence-electron chi connectivity index (χ0n) is 12.2. The van der Waals surface area contributed by atoms with Gasteiger partial charge in [-0.05, 0) is 6.42 Å². The first-order valence-electron chi connectivity index (χ1n) is 6.52. The zero-order chi connectivity index (χ0) is 14.8. The van der Waals surface area contributed by atoms with Crippen molar-refractivity contribution < 1.29 is 9.21 Å². The summed E-state index contributed by atoms with van der Waals surface area (Å²) in [6.45, 7) is 7.77. The lowest BCUT2D eigenvalue weighted by molar-refractivity contribution is -0.114. The van der Waals surface area contributed by atoms with Gasteiger partial charge in [0.2, 0.25) is 5.91 Å². The number of oxazole rings is 1. The number of aryl methyl sites for hydroxylation is 2. The Balaban J connectivity index is 1.93. The second-order valence-corrected chi connectivity index (χ2v) is 6.80. The van der Waals surface area contributed by atoms with Crippen LogP contribution < -0.4 is 5.32 Å². The lowest BCUT2D eigenvalue weighted by atomic mass is 9.94. The fraction of sp³-hybridized carbons (Fsp3) is 0.500. The van der Waals surface area contributed by atoms with Crippen molar-refractivity contribution in [1.29, 1.82) is 0 Å². The Morgan fingerprint density at radius 2 is 2.05 bits per heavy atom. The molecule has 0 aliphatic rings. The summed E-state index contributed by atoms with van der Waals surface area (Å²) < 4.78 is 5.74. The summed E-state index contributed by atoms with van der Waals surface area (Å²) in [5.41, 5.74) is -0.0195. The van der Waals surface area contributed by atoms with Gasteiger partial charge in [-0.2, -0.15) is 0 Å². The molecule has 0 aliphatic heterocycles. The van der Waals surface area contributed by atoms with Gasteiger partial charge in [0.1, 0.15) is 5.76 Å². The van der Waals surface area contributed by atoms with Gasteiger partial charge < -0.3 is 9.73 Å². The number of aromatic nitrogens is 2. The third kappa shape index (κ3) is 3.90. The predicted molar refractivity (Wildman–Crippen MR) is 79.0 cm³/mol. The summed E-state index contributed by atoms with van der Waals surface area (Å²) in [4.78, 5) is 20.5. The highest BCUT2D eigenvalue weighted by Gasteiger charge is 2.19. The number of nitrogens with one attached hydrogen (secondary N) is 1. The molecule has 0 saturated carbocycles. The Morgan fingerprint density at radius 1 is 1.30 bits per heavy atom. The molecule has 2 aromatic rings. The molecule has 0 atom stereocenters. The monoisotopic (exact) mass is 293 g/mol. The second-order valence-electron chi connectivity index (χ2n) is 5.68. The number of hydrogen-bond acceptors (Lipinski definition) is 5. The third-order valence-electron chi connectivity index (χ3n) is 2.71. The van der Waals surface area contributed by atoms with E-state index in [0.29, 0.717) is 5.13 Å². The van der Waals surface area contributed by atoms with Crippen molar-refractivity contribution in [2.45, 2.75) is 46.0 Å². The Hall–Kier alpha value is -1.69. The number of nitrogens with zero attached hydrogens (tertiary/aromatic N) is 2. The van der Waals surface area contributed by atoms with Crippen molar-refractivity contribution in [3.63, 3.8) is 0 Å². The maximum Gasteiger partial charge on any atom is 0.223 e. The average Bonchev–Trinajstić information content (AvgIpc) is 2.93. The van der Waals surface area contributed by atoms with E-state index in [9.17, 15) is 4.79 Å². The minimum Gasteiger partial charge on any atom is -0.445 e. The summed E-state index contributed by atoms with van der Waals surface area (Å²) in [6, 6.07) is 0. The van der Waals surface area contributed by atoms with Gasteiger partial charge in [0.15, 0.2) is 11.0 Å². The van der Waals surface area contributed by atoms with Gasteiger partial charge in [-0.25, -0.2) is 9.97 Å². The molecule has 0 radical (unpaired) electrons. The van der Waals surface area contributed by atoms with Crippen LogP contribution in [0.5, 0.6) is 0 Å². The first-order valence-corrected chi connectivity index (χ1v) is 7.34. The summed E-state index contributed by atoms with van der Waals surface area (Å²) in [5.74, 6) is 1.54. The van der Waals surface area contributed by atoms with E-state index in [4.69, 9.17) is 4.42 Å². The smallest absolute Gasteiger partial charge is 0.223 e. The van der Waals surface area contributed by atoms with E-state index in [-0.39, 0.29) is 11.3 Å². The van der Waals surface area contributed by atoms with E-state index < -0.39 is 0 Å². The van der Waals surface area contributed by atoms with Crippen molar-refractivity contribution in [2.24, 2.45) is 0 Å². The number of anilines is 1. The van der Waals surface area contributed by atoms with Gasteiger partial charge >= 0.3 is 0 Å². The van der Waals surface area contributed by atoms with E-state index in [1.54, 1.807) is 12.4 Å². The van der Waals surface area contributed by atoms with Gasteiger partial charge in [-0.1, -0.05) is 20.8 Å². The molecule has 1 amide bonds. The molecule has 0 bridgehead atoms. The van der Waals surface area contributed by atoms with E-state index >= 15 is 0 Å². The minimum atomic E-state index is -0.103. The number of carbonyl (C=O) groups is 1. The summed E-state index contributed by atoms with van der Waals surface area (Å²) in [5, 5.41) is 3.31. The number of thiazole rings is 1. The Morgan fingerprint density at radius 3 is 2.65 bits per heavy atom. The summed E-state index contributed by atoms with van der Waals surface area (Å²) in [7, 11) is 0. The highest BCUT2D eigenvalue weighted by atomic mass is 32.1. The molecule has 0 aliphatic carbocycles. The predicted octanol–water partition coefficient (Wildman–Crippen LogP) is 3.17. The quantitative estimate of drug-likeness (QED) is 0.940. The van der Waals surface area contributed by atoms with Gasteiger partial charge in [-0.15, -0.1) is 11.3 Å². The largest absolute Gasteiger partial charge is 0.445 e. The molecule has 0 unspecified atom stereocenters. The third-order valence-corrected chi connectivity index (χ3v) is 3.69. The molecule has 20 heavy (non-hydrogen) atoms. The molecule has 2 aromatic heterocycles. The van der Waals surface area contributed by atoms with Crippen LogP contribution >= 0.6 is 11.3 Å². The molecule has 0 aromatic carbocycles. The van der Waals surface area contributed by atoms with Crippen LogP contribution in [0.1, 0.15) is 44.2 Å². The van der Waals surface area contributed by atoms with Gasteiger partial charge in [-0.3, -0.25) is 4.79 Å². The number of carbonyl (C=O) groups excluding carboxylic acids is 1. The normalized spacial score (nSPS) is 11.6. The molecule has 0 saturated heterocycles. The van der Waals surface area contributed by atoms with Gasteiger partial charge in [0, 0.05) is 29.8 Å². The van der Waals surface area contributed by atoms with Crippen LogP contribution in [0.4, 0.5) is 5.13 Å². The van der Waals surface area contributed by atoms with Crippen molar-refractivity contribution >= 4 is 22.4 Å². The molecule has 6 heteroatoms. The maximum atomic E-state index is 10.9. The summed E-state index contributed by atoms with van der Waals surface area (Å²) >= 11 is 1.48. The fourth-order valence-corrected chi connectivity index (χ4v) is 2.49. The first kappa shape index (κ1) is 14.7. The first-order chi connectivity index (χ1) is 9.34. The molecule has 0 spiro atoms. The second kappa shape index (κ2) is 5.75. The van der Waals surface area contributed by atoms with Crippen molar-refractivity contribution in [3.05, 3.63) is 28.9 Å². The zero-order valence-corrected chi connectivity index (χ0v) is 13.0. The van der Waals surface area contributed by atoms with Crippen LogP contribution in [-0.4, -0.2) is 15.9 Å². The molecule has 2 heterocycles. The van der Waals surface area contributed by atoms with Crippen LogP contribution in [0.2, 0.25) is 0 Å². The molecule has 1 N–H and O–H groups in total. The number of hydrogen-bond donors (Lipinski definition) is 1. The Kier molecular flexibility index (Phi) is 4.23. The molecular weight excluding hydrogens is 274 g/mol. The van der Waals surface area contributed by atoms with E-state index in [1.165, 1.54) is 18.3 Å². The van der Waals surface area contributed by atoms with Crippen molar-refractivity contribution in [2.75, 3.05) is 5.32 Å². The molecule has 0 fully saturated rings. The molecular formula is C14H19N3O2S. The van der Waals surface area contributed by atoms with Crippen LogP contribution in [0.25, 0.3) is 0 Å².